The number of hydrogen-bond acceptors (Lipinski definition) is 2. The number of nitrogens with zero attached hydrogens (tertiary/aromatic N) is 2. The highest BCUT2D eigenvalue weighted by molar-refractivity contribution is 7.16. The minimum atomic E-state index is -2.22. The maximum Gasteiger partial charge on any atom is 0.252 e. The monoisotopic (exact) mass is 714 g/mol. The Morgan fingerprint density at radius 2 is 0.800 bits per heavy atom. The van der Waals surface area contributed by atoms with E-state index in [4.69, 9.17) is 0 Å². The maximum atomic E-state index is 2.67. The lowest BCUT2D eigenvalue weighted by atomic mass is 9.29. The lowest BCUT2D eigenvalue weighted by Crippen LogP contribution is -2.80. The second-order valence-electron chi connectivity index (χ2n) is 16.0. The van der Waals surface area contributed by atoms with Gasteiger partial charge in [-0.15, -0.1) is 0 Å². The van der Waals surface area contributed by atoms with Crippen LogP contribution >= 0.6 is 0 Å². The van der Waals surface area contributed by atoms with Gasteiger partial charge in [-0.05, 0) is 62.7 Å². The molecule has 0 saturated carbocycles. The van der Waals surface area contributed by atoms with Crippen LogP contribution in [0.3, 0.4) is 0 Å². The van der Waals surface area contributed by atoms with Gasteiger partial charge in [0.15, 0.2) is 0 Å². The average molecular weight is 715 g/mol. The Bertz CT molecular complexity index is 2820. The SMILES string of the molecule is C[Si]1(C)c2ccccc2B2c3ccccc3N3c4ccccc4B4c5ccccc5N(c5c(-c6ccccc6)cccc5-c5ccccc5)c5cc1c2c3c54. The fraction of sp³-hybridized carbons (Fsp3) is 0.0400. The summed E-state index contributed by atoms with van der Waals surface area (Å²) in [5, 5.41) is 3.10. The predicted molar refractivity (Wildman–Crippen MR) is 239 cm³/mol. The van der Waals surface area contributed by atoms with E-state index in [1.807, 2.05) is 0 Å². The van der Waals surface area contributed by atoms with Gasteiger partial charge in [0.1, 0.15) is 8.07 Å². The summed E-state index contributed by atoms with van der Waals surface area (Å²) < 4.78 is 0. The van der Waals surface area contributed by atoms with E-state index in [1.165, 1.54) is 89.2 Å². The second kappa shape index (κ2) is 11.4. The van der Waals surface area contributed by atoms with Crippen LogP contribution in [0, 0.1) is 0 Å². The van der Waals surface area contributed by atoms with Crippen LogP contribution in [-0.4, -0.2) is 21.5 Å². The summed E-state index contributed by atoms with van der Waals surface area (Å²) in [6.07, 6.45) is 0. The summed E-state index contributed by atoms with van der Waals surface area (Å²) in [4.78, 5) is 5.32. The molecule has 8 aromatic rings. The first-order chi connectivity index (χ1) is 27.1. The van der Waals surface area contributed by atoms with Gasteiger partial charge in [0, 0.05) is 39.6 Å². The topological polar surface area (TPSA) is 6.48 Å². The van der Waals surface area contributed by atoms with Crippen molar-refractivity contribution in [2.75, 3.05) is 9.80 Å². The Balaban J connectivity index is 1.28. The quantitative estimate of drug-likeness (QED) is 0.181. The Hall–Kier alpha value is -6.29. The van der Waals surface area contributed by atoms with Gasteiger partial charge in [-0.1, -0.05) is 187 Å². The van der Waals surface area contributed by atoms with Gasteiger partial charge in [0.25, 0.3) is 6.71 Å². The highest BCUT2D eigenvalue weighted by Crippen LogP contribution is 2.49. The largest absolute Gasteiger partial charge is 0.312 e. The van der Waals surface area contributed by atoms with E-state index in [9.17, 15) is 0 Å². The molecule has 0 bridgehead atoms. The zero-order valence-corrected chi connectivity index (χ0v) is 31.9. The molecule has 0 aliphatic carbocycles. The third-order valence-electron chi connectivity index (χ3n) is 12.9. The van der Waals surface area contributed by atoms with Crippen molar-refractivity contribution in [2.45, 2.75) is 13.1 Å². The molecule has 0 atom stereocenters. The third kappa shape index (κ3) is 4.11. The summed E-state index contributed by atoms with van der Waals surface area (Å²) in [6, 6.07) is 68.6. The van der Waals surface area contributed by atoms with E-state index < -0.39 is 8.07 Å². The fourth-order valence-corrected chi connectivity index (χ4v) is 13.8. The molecular weight excluding hydrogens is 678 g/mol. The van der Waals surface area contributed by atoms with E-state index >= 15 is 0 Å². The molecule has 0 N–H and O–H groups in total. The van der Waals surface area contributed by atoms with Crippen LogP contribution in [0.1, 0.15) is 0 Å². The molecule has 0 radical (unpaired) electrons. The number of rotatable bonds is 3. The normalized spacial score (nSPS) is 14.7. The van der Waals surface area contributed by atoms with E-state index in [1.54, 1.807) is 10.4 Å². The Labute approximate surface area is 324 Å². The molecule has 4 heterocycles. The lowest BCUT2D eigenvalue weighted by molar-refractivity contribution is 1.26. The number of fused-ring (bicyclic) bond motifs is 10. The molecule has 2 nitrogen and oxygen atoms in total. The van der Waals surface area contributed by atoms with Crippen LogP contribution in [-0.2, 0) is 0 Å². The molecule has 0 saturated heterocycles. The van der Waals surface area contributed by atoms with E-state index in [0.717, 1.165) is 0 Å². The fourth-order valence-electron chi connectivity index (χ4n) is 10.7. The highest BCUT2D eigenvalue weighted by Gasteiger charge is 2.53. The van der Waals surface area contributed by atoms with Crippen molar-refractivity contribution in [2.24, 2.45) is 0 Å². The molecule has 0 spiro atoms. The standard InChI is InChI=1S/C50H36B2N2Si/c1-55(2)45-31-16-12-27-40(45)52-39-26-11-14-29-42(39)53-41-28-13-9-24-37(41)51-38-25-10-15-30-43(38)54(44-32-46(55)48(52)50(53)47(44)51)49-35(33-18-5-3-6-19-33)22-17-23-36(49)34-20-7-4-8-21-34/h3-32H,1-2H3. The van der Waals surface area contributed by atoms with Crippen molar-refractivity contribution in [3.63, 3.8) is 0 Å². The molecule has 8 aromatic carbocycles. The van der Waals surface area contributed by atoms with Crippen LogP contribution in [0.15, 0.2) is 182 Å². The highest BCUT2D eigenvalue weighted by atomic mass is 28.3. The van der Waals surface area contributed by atoms with E-state index in [0.29, 0.717) is 0 Å². The minimum absolute atomic E-state index is 0.0899. The third-order valence-corrected chi connectivity index (χ3v) is 16.5. The van der Waals surface area contributed by atoms with E-state index in [-0.39, 0.29) is 13.4 Å². The van der Waals surface area contributed by atoms with Crippen LogP contribution in [0.25, 0.3) is 22.3 Å². The molecule has 0 fully saturated rings. The average Bonchev–Trinajstić information content (AvgIpc) is 3.25. The molecule has 0 amide bonds. The molecule has 4 aliphatic rings. The van der Waals surface area contributed by atoms with Gasteiger partial charge in [0.2, 0.25) is 6.71 Å². The van der Waals surface area contributed by atoms with Crippen molar-refractivity contribution in [1.29, 1.82) is 0 Å². The van der Waals surface area contributed by atoms with Crippen molar-refractivity contribution in [3.8, 4) is 22.3 Å². The van der Waals surface area contributed by atoms with Crippen LogP contribution < -0.4 is 53.0 Å². The molecule has 0 aromatic heterocycles. The zero-order valence-electron chi connectivity index (χ0n) is 30.9. The minimum Gasteiger partial charge on any atom is -0.312 e. The van der Waals surface area contributed by atoms with Gasteiger partial charge in [-0.3, -0.25) is 0 Å². The first-order valence-corrected chi connectivity index (χ1v) is 22.5. The van der Waals surface area contributed by atoms with Gasteiger partial charge in [-0.2, -0.15) is 0 Å². The molecule has 12 rings (SSSR count). The second-order valence-corrected chi connectivity index (χ2v) is 20.3. The summed E-state index contributed by atoms with van der Waals surface area (Å²) in [6.45, 7) is 5.43. The van der Waals surface area contributed by atoms with Crippen molar-refractivity contribution in [3.05, 3.63) is 182 Å². The predicted octanol–water partition coefficient (Wildman–Crippen LogP) is 7.07. The van der Waals surface area contributed by atoms with Crippen LogP contribution in [0.2, 0.25) is 13.1 Å². The van der Waals surface area contributed by atoms with Crippen LogP contribution in [0.5, 0.6) is 0 Å². The first kappa shape index (κ1) is 31.1. The number of para-hydroxylation sites is 4. The molecule has 55 heavy (non-hydrogen) atoms. The Morgan fingerprint density at radius 3 is 1.35 bits per heavy atom. The summed E-state index contributed by atoms with van der Waals surface area (Å²) >= 11 is 0. The van der Waals surface area contributed by atoms with Crippen molar-refractivity contribution >= 4 is 98.8 Å². The molecule has 5 heteroatoms. The van der Waals surface area contributed by atoms with Gasteiger partial charge < -0.3 is 9.80 Å². The van der Waals surface area contributed by atoms with Crippen molar-refractivity contribution in [1.82, 2.24) is 0 Å². The van der Waals surface area contributed by atoms with Gasteiger partial charge >= 0.3 is 0 Å². The molecule has 0 unspecified atom stereocenters. The summed E-state index contributed by atoms with van der Waals surface area (Å²) in [7, 11) is -2.22. The smallest absolute Gasteiger partial charge is 0.252 e. The maximum absolute atomic E-state index is 2.67. The lowest BCUT2D eigenvalue weighted by Gasteiger charge is -2.51. The summed E-state index contributed by atoms with van der Waals surface area (Å²) in [5.74, 6) is 0. The number of benzene rings is 8. The van der Waals surface area contributed by atoms with Gasteiger partial charge in [0.05, 0.1) is 5.69 Å². The molecular formula is C50H36B2N2Si. The zero-order chi connectivity index (χ0) is 36.4. The summed E-state index contributed by atoms with van der Waals surface area (Å²) in [5.41, 5.74) is 21.2. The van der Waals surface area contributed by atoms with Crippen LogP contribution in [0.4, 0.5) is 34.1 Å². The van der Waals surface area contributed by atoms with Crippen molar-refractivity contribution < 1.29 is 0 Å². The van der Waals surface area contributed by atoms with E-state index in [2.05, 4.69) is 205 Å². The molecule has 4 aliphatic heterocycles. The molecule has 256 valence electrons. The first-order valence-electron chi connectivity index (χ1n) is 19.5. The Kier molecular flexibility index (Phi) is 6.42. The number of hydrogen-bond donors (Lipinski definition) is 0. The number of anilines is 6. The Morgan fingerprint density at radius 1 is 0.364 bits per heavy atom. The van der Waals surface area contributed by atoms with Gasteiger partial charge in [-0.25, -0.2) is 0 Å².